The lowest BCUT2D eigenvalue weighted by Crippen LogP contribution is -2.53. The minimum atomic E-state index is -1.14. The van der Waals surface area contributed by atoms with Crippen molar-refractivity contribution >= 4 is 11.6 Å². The van der Waals surface area contributed by atoms with Gasteiger partial charge in [-0.25, -0.2) is 0 Å². The lowest BCUT2D eigenvalue weighted by molar-refractivity contribution is -0.152. The largest absolute Gasteiger partial charge is 0.382 e. The molecule has 4 rings (SSSR count). The van der Waals surface area contributed by atoms with Crippen LogP contribution in [0.25, 0.3) is 0 Å². The third-order valence-electron chi connectivity index (χ3n) is 7.82. The third-order valence-corrected chi connectivity index (χ3v) is 7.82. The highest BCUT2D eigenvalue weighted by atomic mass is 16.3. The molecule has 0 aliphatic heterocycles. The Kier molecular flexibility index (Phi) is 3.48. The van der Waals surface area contributed by atoms with Crippen molar-refractivity contribution in [3.05, 3.63) is 22.8 Å². The average molecular weight is 328 g/mol. The molecule has 0 aromatic rings. The van der Waals surface area contributed by atoms with Crippen molar-refractivity contribution in [3.8, 4) is 0 Å². The molecule has 24 heavy (non-hydrogen) atoms. The smallest absolute Gasteiger partial charge is 0.161 e. The molecule has 0 radical (unpaired) electrons. The van der Waals surface area contributed by atoms with Gasteiger partial charge in [0.1, 0.15) is 5.60 Å². The summed E-state index contributed by atoms with van der Waals surface area (Å²) in [5, 5.41) is 11.1. The molecule has 3 nitrogen and oxygen atoms in total. The number of Topliss-reactive ketones (excluding diaryl/α,β-unsaturated/α-hetero) is 1. The lowest BCUT2D eigenvalue weighted by Gasteiger charge is -2.52. The molecule has 1 N–H and O–H groups in total. The maximum Gasteiger partial charge on any atom is 0.161 e. The van der Waals surface area contributed by atoms with Gasteiger partial charge in [0.25, 0.3) is 0 Å². The Bertz CT molecular complexity index is 685. The van der Waals surface area contributed by atoms with Crippen LogP contribution in [0.1, 0.15) is 65.7 Å². The quantitative estimate of drug-likeness (QED) is 0.797. The second kappa shape index (κ2) is 5.14. The monoisotopic (exact) mass is 328 g/mol. The van der Waals surface area contributed by atoms with Gasteiger partial charge in [-0.3, -0.25) is 9.59 Å². The zero-order valence-electron chi connectivity index (χ0n) is 15.0. The summed E-state index contributed by atoms with van der Waals surface area (Å²) in [5.74, 6) is 1.49. The van der Waals surface area contributed by atoms with Gasteiger partial charge in [-0.15, -0.1) is 0 Å². The van der Waals surface area contributed by atoms with Gasteiger partial charge < -0.3 is 5.11 Å². The first-order valence-electron chi connectivity index (χ1n) is 9.48. The van der Waals surface area contributed by atoms with Crippen molar-refractivity contribution in [2.45, 2.75) is 71.3 Å². The van der Waals surface area contributed by atoms with Crippen molar-refractivity contribution in [2.24, 2.45) is 23.2 Å². The highest BCUT2D eigenvalue weighted by molar-refractivity contribution is 5.93. The van der Waals surface area contributed by atoms with Crippen LogP contribution in [0.15, 0.2) is 22.8 Å². The highest BCUT2D eigenvalue weighted by Crippen LogP contribution is 2.64. The Labute approximate surface area is 144 Å². The van der Waals surface area contributed by atoms with Crippen LogP contribution in [0.4, 0.5) is 0 Å². The van der Waals surface area contributed by atoms with Crippen molar-refractivity contribution in [1.82, 2.24) is 0 Å². The molecule has 3 heteroatoms. The van der Waals surface area contributed by atoms with Crippen LogP contribution in [0.5, 0.6) is 0 Å². The van der Waals surface area contributed by atoms with Crippen molar-refractivity contribution in [1.29, 1.82) is 0 Å². The van der Waals surface area contributed by atoms with Crippen LogP contribution >= 0.6 is 0 Å². The van der Waals surface area contributed by atoms with E-state index in [-0.39, 0.29) is 17.0 Å². The SMILES string of the molecule is CC(=O)[C@@]1(O)CC[C@H]2[C@@H]3C[C@H](C)C4=CC(=O)CCC4=C3CC[C@@]21C. The molecule has 2 fully saturated rings. The van der Waals surface area contributed by atoms with Gasteiger partial charge in [0.15, 0.2) is 11.6 Å². The Morgan fingerprint density at radius 1 is 1.25 bits per heavy atom. The first kappa shape index (κ1) is 16.3. The number of allylic oxidation sites excluding steroid dienone is 4. The summed E-state index contributed by atoms with van der Waals surface area (Å²) in [4.78, 5) is 24.1. The molecule has 0 amide bonds. The van der Waals surface area contributed by atoms with E-state index in [1.54, 1.807) is 12.5 Å². The number of rotatable bonds is 1. The summed E-state index contributed by atoms with van der Waals surface area (Å²) in [6.07, 6.45) is 7.89. The number of fused-ring (bicyclic) bond motifs is 4. The zero-order valence-corrected chi connectivity index (χ0v) is 15.0. The van der Waals surface area contributed by atoms with E-state index in [1.165, 1.54) is 11.1 Å². The predicted molar refractivity (Wildman–Crippen MR) is 92.3 cm³/mol. The number of hydrogen-bond donors (Lipinski definition) is 1. The number of ketones is 2. The first-order chi connectivity index (χ1) is 11.3. The number of hydrogen-bond acceptors (Lipinski definition) is 3. The fraction of sp³-hybridized carbons (Fsp3) is 0.714. The normalized spacial score (nSPS) is 44.6. The topological polar surface area (TPSA) is 54.4 Å². The van der Waals surface area contributed by atoms with Gasteiger partial charge >= 0.3 is 0 Å². The highest BCUT2D eigenvalue weighted by Gasteiger charge is 2.63. The van der Waals surface area contributed by atoms with Crippen LogP contribution < -0.4 is 0 Å². The summed E-state index contributed by atoms with van der Waals surface area (Å²) < 4.78 is 0. The van der Waals surface area contributed by atoms with Gasteiger partial charge in [-0.2, -0.15) is 0 Å². The average Bonchev–Trinajstić information content (AvgIpc) is 2.81. The molecule has 0 unspecified atom stereocenters. The minimum absolute atomic E-state index is 0.0590. The van der Waals surface area contributed by atoms with E-state index < -0.39 is 5.60 Å². The zero-order chi connectivity index (χ0) is 17.3. The number of carbonyl (C=O) groups excluding carboxylic acids is 2. The van der Waals surface area contributed by atoms with Gasteiger partial charge in [-0.05, 0) is 80.4 Å². The Balaban J connectivity index is 1.78. The molecule has 4 aliphatic rings. The standard InChI is InChI=1S/C21H28O3/c1-12-10-18-16(15-5-4-14(23)11-17(12)15)6-8-20(3)19(18)7-9-21(20,24)13(2)22/h11-12,18-19,24H,4-10H2,1-3H3/t12-,18+,19-,20-,21-/m0/s1. The van der Waals surface area contributed by atoms with E-state index in [2.05, 4.69) is 13.8 Å². The van der Waals surface area contributed by atoms with E-state index in [1.807, 2.05) is 6.08 Å². The van der Waals surface area contributed by atoms with Crippen LogP contribution in [0, 0.1) is 23.2 Å². The van der Waals surface area contributed by atoms with Gasteiger partial charge in [-0.1, -0.05) is 19.4 Å². The fourth-order valence-electron chi connectivity index (χ4n) is 6.41. The molecule has 0 saturated heterocycles. The van der Waals surface area contributed by atoms with Gasteiger partial charge in [0.05, 0.1) is 0 Å². The van der Waals surface area contributed by atoms with E-state index >= 15 is 0 Å². The molecule has 0 heterocycles. The summed E-state index contributed by atoms with van der Waals surface area (Å²) in [6, 6.07) is 0. The Morgan fingerprint density at radius 2 is 2.00 bits per heavy atom. The molecule has 0 aromatic carbocycles. The van der Waals surface area contributed by atoms with E-state index in [4.69, 9.17) is 0 Å². The molecular weight excluding hydrogens is 300 g/mol. The Hall–Kier alpha value is -1.22. The molecule has 2 saturated carbocycles. The second-order valence-electron chi connectivity index (χ2n) is 8.79. The maximum atomic E-state index is 12.2. The molecule has 0 bridgehead atoms. The van der Waals surface area contributed by atoms with Crippen molar-refractivity contribution < 1.29 is 14.7 Å². The van der Waals surface area contributed by atoms with Gasteiger partial charge in [0, 0.05) is 11.8 Å². The Morgan fingerprint density at radius 3 is 2.71 bits per heavy atom. The molecule has 130 valence electrons. The molecule has 5 atom stereocenters. The van der Waals surface area contributed by atoms with Crippen LogP contribution in [-0.2, 0) is 9.59 Å². The van der Waals surface area contributed by atoms with Crippen molar-refractivity contribution in [2.75, 3.05) is 0 Å². The van der Waals surface area contributed by atoms with Crippen LogP contribution in [0.2, 0.25) is 0 Å². The third kappa shape index (κ3) is 1.94. The summed E-state index contributed by atoms with van der Waals surface area (Å²) in [5.41, 5.74) is 2.83. The summed E-state index contributed by atoms with van der Waals surface area (Å²) in [7, 11) is 0. The fourth-order valence-corrected chi connectivity index (χ4v) is 6.41. The van der Waals surface area contributed by atoms with E-state index in [9.17, 15) is 14.7 Å². The molecule has 0 spiro atoms. The van der Waals surface area contributed by atoms with E-state index in [0.717, 1.165) is 32.1 Å². The van der Waals surface area contributed by atoms with Crippen LogP contribution in [-0.4, -0.2) is 22.3 Å². The van der Waals surface area contributed by atoms with E-state index in [0.29, 0.717) is 30.6 Å². The summed E-state index contributed by atoms with van der Waals surface area (Å²) >= 11 is 0. The lowest BCUT2D eigenvalue weighted by atomic mass is 9.53. The number of aliphatic hydroxyl groups is 1. The van der Waals surface area contributed by atoms with Crippen molar-refractivity contribution in [3.63, 3.8) is 0 Å². The minimum Gasteiger partial charge on any atom is -0.382 e. The summed E-state index contributed by atoms with van der Waals surface area (Å²) in [6.45, 7) is 5.94. The molecule has 0 aromatic heterocycles. The molecule has 4 aliphatic carbocycles. The van der Waals surface area contributed by atoms with Gasteiger partial charge in [0.2, 0.25) is 0 Å². The van der Waals surface area contributed by atoms with Crippen LogP contribution in [0.3, 0.4) is 0 Å². The predicted octanol–water partition coefficient (Wildman–Crippen LogP) is 3.76. The first-order valence-corrected chi connectivity index (χ1v) is 9.48. The second-order valence-corrected chi connectivity index (χ2v) is 8.79. The number of carbonyl (C=O) groups is 2. The molecular formula is C21H28O3. The maximum absolute atomic E-state index is 12.2.